The topological polar surface area (TPSA) is 26.0 Å². The number of hydrogen-bond acceptors (Lipinski definition) is 1. The van der Waals surface area contributed by atoms with Crippen LogP contribution in [0.3, 0.4) is 0 Å². The summed E-state index contributed by atoms with van der Waals surface area (Å²) in [6, 6.07) is 0.407. The van der Waals surface area contributed by atoms with Crippen molar-refractivity contribution in [1.82, 2.24) is 0 Å². The van der Waals surface area contributed by atoms with Crippen LogP contribution in [0.15, 0.2) is 12.7 Å². The van der Waals surface area contributed by atoms with Gasteiger partial charge in [-0.3, -0.25) is 0 Å². The molecule has 4 aliphatic rings. The normalized spacial score (nSPS) is 48.0. The summed E-state index contributed by atoms with van der Waals surface area (Å²) >= 11 is 0. The second-order valence-corrected chi connectivity index (χ2v) is 13.5. The summed E-state index contributed by atoms with van der Waals surface area (Å²) < 4.78 is 0. The molecule has 0 bridgehead atoms. The molecule has 4 aliphatic carbocycles. The Morgan fingerprint density at radius 1 is 0.871 bits per heavy atom. The zero-order valence-electron chi connectivity index (χ0n) is 21.5. The summed E-state index contributed by atoms with van der Waals surface area (Å²) in [6.07, 6.45) is 19.2. The maximum Gasteiger partial charge on any atom is 0.00731 e. The molecule has 4 rings (SSSR count). The molecule has 0 saturated heterocycles. The van der Waals surface area contributed by atoms with Gasteiger partial charge in [0.15, 0.2) is 0 Å². The van der Waals surface area contributed by atoms with Crippen LogP contribution in [0.4, 0.5) is 0 Å². The molecule has 4 fully saturated rings. The van der Waals surface area contributed by atoms with Crippen LogP contribution in [0.25, 0.3) is 0 Å². The van der Waals surface area contributed by atoms with Crippen LogP contribution >= 0.6 is 0 Å². The lowest BCUT2D eigenvalue weighted by molar-refractivity contribution is -0.132. The third kappa shape index (κ3) is 4.08. The first kappa shape index (κ1) is 23.8. The summed E-state index contributed by atoms with van der Waals surface area (Å²) in [5.74, 6) is 7.22. The highest BCUT2D eigenvalue weighted by atomic mass is 14.7. The monoisotopic (exact) mass is 427 g/mol. The molecule has 178 valence electrons. The number of rotatable bonds is 7. The molecular weight excluding hydrogens is 374 g/mol. The first-order chi connectivity index (χ1) is 14.7. The van der Waals surface area contributed by atoms with Crippen LogP contribution in [-0.4, -0.2) is 6.04 Å². The van der Waals surface area contributed by atoms with Crippen molar-refractivity contribution in [2.24, 2.45) is 63.9 Å². The van der Waals surface area contributed by atoms with Gasteiger partial charge >= 0.3 is 0 Å². The van der Waals surface area contributed by atoms with E-state index in [2.05, 4.69) is 47.3 Å². The van der Waals surface area contributed by atoms with Crippen LogP contribution in [-0.2, 0) is 0 Å². The third-order valence-corrected chi connectivity index (χ3v) is 11.7. The lowest BCUT2D eigenvalue weighted by Gasteiger charge is -2.63. The van der Waals surface area contributed by atoms with Gasteiger partial charge < -0.3 is 5.73 Å². The van der Waals surface area contributed by atoms with Crippen LogP contribution in [0, 0.1) is 58.2 Å². The molecule has 1 unspecified atom stereocenters. The highest BCUT2D eigenvalue weighted by Crippen LogP contribution is 2.69. The van der Waals surface area contributed by atoms with Gasteiger partial charge in [-0.15, -0.1) is 6.58 Å². The van der Waals surface area contributed by atoms with Crippen LogP contribution < -0.4 is 5.73 Å². The summed E-state index contributed by atoms with van der Waals surface area (Å²) in [5.41, 5.74) is 7.82. The van der Waals surface area contributed by atoms with Gasteiger partial charge in [0.1, 0.15) is 0 Å². The molecule has 0 heterocycles. The van der Waals surface area contributed by atoms with E-state index in [4.69, 9.17) is 5.73 Å². The molecule has 0 aliphatic heterocycles. The van der Waals surface area contributed by atoms with E-state index < -0.39 is 0 Å². The SMILES string of the molecule is C=CC[C@@H]1C(N)CC[C@]2(C)[C@H]3CC[C@]4(C)[C@@H]([C@H](C)CCCC(C)C)CC[C@H]4[C@@H]3CC[C@@H]12. The standard InChI is InChI=1S/C30H53N/c1-7-9-23-26-13-12-22-25-15-14-24(21(4)11-8-10-20(2)3)29(25,5)18-16-27(22)30(26,6)19-17-28(23)31/h7,20-28H,1,8-19,31H2,2-6H3/t21-,22+,23+,24-,25+,26+,27+,28?,29-,30+/m1/s1. The molecule has 1 nitrogen and oxygen atoms in total. The molecule has 2 N–H and O–H groups in total. The van der Waals surface area contributed by atoms with E-state index in [1.54, 1.807) is 0 Å². The Labute approximate surface area is 194 Å². The Morgan fingerprint density at radius 2 is 1.55 bits per heavy atom. The number of allylic oxidation sites excluding steroid dienone is 1. The van der Waals surface area contributed by atoms with Gasteiger partial charge in [0.05, 0.1) is 0 Å². The van der Waals surface area contributed by atoms with Crippen molar-refractivity contribution < 1.29 is 0 Å². The zero-order chi connectivity index (χ0) is 22.4. The maximum atomic E-state index is 6.67. The fourth-order valence-corrected chi connectivity index (χ4v) is 10.1. The Hall–Kier alpha value is -0.300. The van der Waals surface area contributed by atoms with E-state index in [1.807, 2.05) is 0 Å². The van der Waals surface area contributed by atoms with E-state index in [1.165, 1.54) is 70.6 Å². The highest BCUT2D eigenvalue weighted by Gasteiger charge is 2.61. The van der Waals surface area contributed by atoms with Gasteiger partial charge in [0, 0.05) is 6.04 Å². The molecule has 0 aromatic carbocycles. The third-order valence-electron chi connectivity index (χ3n) is 11.7. The van der Waals surface area contributed by atoms with Crippen molar-refractivity contribution in [1.29, 1.82) is 0 Å². The summed E-state index contributed by atoms with van der Waals surface area (Å²) in [5, 5.41) is 0. The first-order valence-electron chi connectivity index (χ1n) is 14.1. The molecule has 4 saturated carbocycles. The summed E-state index contributed by atoms with van der Waals surface area (Å²) in [4.78, 5) is 0. The summed E-state index contributed by atoms with van der Waals surface area (Å²) in [6.45, 7) is 16.9. The van der Waals surface area contributed by atoms with Crippen molar-refractivity contribution >= 4 is 0 Å². The average Bonchev–Trinajstić information content (AvgIpc) is 3.07. The molecular formula is C30H53N. The molecule has 0 aromatic rings. The number of nitrogens with two attached hydrogens (primary N) is 1. The predicted molar refractivity (Wildman–Crippen MR) is 135 cm³/mol. The molecule has 0 spiro atoms. The largest absolute Gasteiger partial charge is 0.327 e. The van der Waals surface area contributed by atoms with Crippen molar-refractivity contribution in [3.8, 4) is 0 Å². The van der Waals surface area contributed by atoms with E-state index in [0.717, 1.165) is 47.8 Å². The van der Waals surface area contributed by atoms with Gasteiger partial charge in [-0.25, -0.2) is 0 Å². The molecule has 1 heteroatoms. The fraction of sp³-hybridized carbons (Fsp3) is 0.933. The zero-order valence-corrected chi connectivity index (χ0v) is 21.5. The van der Waals surface area contributed by atoms with E-state index >= 15 is 0 Å². The summed E-state index contributed by atoms with van der Waals surface area (Å²) in [7, 11) is 0. The van der Waals surface area contributed by atoms with Crippen molar-refractivity contribution in [2.75, 3.05) is 0 Å². The van der Waals surface area contributed by atoms with Crippen LogP contribution in [0.2, 0.25) is 0 Å². The lowest BCUT2D eigenvalue weighted by Crippen LogP contribution is -2.57. The second kappa shape index (κ2) is 9.15. The van der Waals surface area contributed by atoms with Gasteiger partial charge in [0.2, 0.25) is 0 Å². The predicted octanol–water partition coefficient (Wildman–Crippen LogP) is 8.24. The van der Waals surface area contributed by atoms with E-state index in [0.29, 0.717) is 22.8 Å². The van der Waals surface area contributed by atoms with E-state index in [-0.39, 0.29) is 0 Å². The van der Waals surface area contributed by atoms with Crippen molar-refractivity contribution in [3.05, 3.63) is 12.7 Å². The number of hydrogen-bond donors (Lipinski definition) is 1. The number of fused-ring (bicyclic) bond motifs is 5. The minimum absolute atomic E-state index is 0.407. The van der Waals surface area contributed by atoms with Gasteiger partial charge in [-0.05, 0) is 116 Å². The molecule has 10 atom stereocenters. The van der Waals surface area contributed by atoms with Crippen LogP contribution in [0.5, 0.6) is 0 Å². The quantitative estimate of drug-likeness (QED) is 0.407. The van der Waals surface area contributed by atoms with Crippen LogP contribution in [0.1, 0.15) is 112 Å². The molecule has 31 heavy (non-hydrogen) atoms. The van der Waals surface area contributed by atoms with Crippen molar-refractivity contribution in [3.63, 3.8) is 0 Å². The average molecular weight is 428 g/mol. The Morgan fingerprint density at radius 3 is 2.26 bits per heavy atom. The molecule has 0 aromatic heterocycles. The minimum atomic E-state index is 0.407. The Bertz CT molecular complexity index is 624. The minimum Gasteiger partial charge on any atom is -0.327 e. The van der Waals surface area contributed by atoms with Gasteiger partial charge in [0.25, 0.3) is 0 Å². The fourth-order valence-electron chi connectivity index (χ4n) is 10.1. The second-order valence-electron chi connectivity index (χ2n) is 13.5. The van der Waals surface area contributed by atoms with Gasteiger partial charge in [-0.1, -0.05) is 60.0 Å². The van der Waals surface area contributed by atoms with E-state index in [9.17, 15) is 0 Å². The molecule has 0 radical (unpaired) electrons. The van der Waals surface area contributed by atoms with Gasteiger partial charge in [-0.2, -0.15) is 0 Å². The first-order valence-corrected chi connectivity index (χ1v) is 14.1. The Kier molecular flexibility index (Phi) is 7.04. The Balaban J connectivity index is 1.49. The van der Waals surface area contributed by atoms with Crippen molar-refractivity contribution in [2.45, 2.75) is 118 Å². The highest BCUT2D eigenvalue weighted by molar-refractivity contribution is 5.11. The lowest BCUT2D eigenvalue weighted by atomic mass is 9.42. The smallest absolute Gasteiger partial charge is 0.00731 e. The maximum absolute atomic E-state index is 6.67. The molecule has 0 amide bonds.